The summed E-state index contributed by atoms with van der Waals surface area (Å²) in [7, 11) is 0. The van der Waals surface area contributed by atoms with Gasteiger partial charge in [-0.3, -0.25) is 9.59 Å². The Bertz CT molecular complexity index is 1570. The molecule has 0 aromatic carbocycles. The van der Waals surface area contributed by atoms with Crippen LogP contribution in [0.25, 0.3) is 0 Å². The second-order valence-electron chi connectivity index (χ2n) is 16.8. The molecule has 0 amide bonds. The maximum Gasteiger partial charge on any atom is 0.306 e. The van der Waals surface area contributed by atoms with Crippen LogP contribution in [0.5, 0.6) is 0 Å². The third kappa shape index (κ3) is 53.9. The first-order valence-corrected chi connectivity index (χ1v) is 26.7. The van der Waals surface area contributed by atoms with Crippen molar-refractivity contribution in [1.29, 1.82) is 0 Å². The molecule has 0 aliphatic carbocycles. The molecule has 5 nitrogen and oxygen atoms in total. The van der Waals surface area contributed by atoms with Crippen molar-refractivity contribution in [2.75, 3.05) is 13.2 Å². The number of rotatable bonds is 46. The van der Waals surface area contributed by atoms with E-state index in [-0.39, 0.29) is 25.2 Å². The fourth-order valence-corrected chi connectivity index (χ4v) is 6.57. The lowest BCUT2D eigenvalue weighted by molar-refractivity contribution is -0.161. The Kier molecular flexibility index (Phi) is 52.6. The van der Waals surface area contributed by atoms with E-state index in [0.717, 1.165) is 135 Å². The zero-order valence-electron chi connectivity index (χ0n) is 43.0. The molecule has 1 atom stereocenters. The van der Waals surface area contributed by atoms with Gasteiger partial charge >= 0.3 is 11.9 Å². The van der Waals surface area contributed by atoms with Crippen molar-refractivity contribution < 1.29 is 24.2 Å². The molecule has 0 saturated heterocycles. The quantitative estimate of drug-likeness (QED) is 0.0374. The van der Waals surface area contributed by atoms with Gasteiger partial charge in [0.05, 0.1) is 6.61 Å². The van der Waals surface area contributed by atoms with Crippen molar-refractivity contribution in [3.63, 3.8) is 0 Å². The summed E-state index contributed by atoms with van der Waals surface area (Å²) in [5.74, 6) is -0.667. The van der Waals surface area contributed by atoms with Crippen LogP contribution >= 0.6 is 0 Å². The van der Waals surface area contributed by atoms with Crippen LogP contribution in [0.2, 0.25) is 0 Å². The van der Waals surface area contributed by atoms with Gasteiger partial charge in [-0.2, -0.15) is 0 Å². The Morgan fingerprint density at radius 1 is 0.338 bits per heavy atom. The van der Waals surface area contributed by atoms with Gasteiger partial charge in [-0.25, -0.2) is 0 Å². The molecule has 0 aliphatic heterocycles. The van der Waals surface area contributed by atoms with Crippen molar-refractivity contribution in [3.05, 3.63) is 170 Å². The number of carbonyl (C=O) groups is 2. The zero-order chi connectivity index (χ0) is 49.2. The topological polar surface area (TPSA) is 72.8 Å². The zero-order valence-corrected chi connectivity index (χ0v) is 43.0. The van der Waals surface area contributed by atoms with Gasteiger partial charge in [0.1, 0.15) is 6.61 Å². The smallest absolute Gasteiger partial charge is 0.306 e. The van der Waals surface area contributed by atoms with Crippen molar-refractivity contribution in [2.45, 2.75) is 200 Å². The number of esters is 2. The van der Waals surface area contributed by atoms with Crippen LogP contribution < -0.4 is 0 Å². The first-order chi connectivity index (χ1) is 33.6. The van der Waals surface area contributed by atoms with E-state index >= 15 is 0 Å². The summed E-state index contributed by atoms with van der Waals surface area (Å²) < 4.78 is 10.6. The predicted octanol–water partition coefficient (Wildman–Crippen LogP) is 18.2. The number of hydrogen-bond acceptors (Lipinski definition) is 5. The number of unbranched alkanes of at least 4 members (excludes halogenated alkanes) is 10. The largest absolute Gasteiger partial charge is 0.462 e. The number of allylic oxidation sites excluding steroid dienone is 28. The Morgan fingerprint density at radius 3 is 0.912 bits per heavy atom. The van der Waals surface area contributed by atoms with E-state index in [0.29, 0.717) is 12.8 Å². The molecule has 0 saturated carbocycles. The molecule has 378 valence electrons. The molecule has 1 N–H and O–H groups in total. The van der Waals surface area contributed by atoms with Crippen molar-refractivity contribution in [1.82, 2.24) is 0 Å². The highest BCUT2D eigenvalue weighted by Gasteiger charge is 2.16. The standard InChI is InChI=1S/C63H96O5/c1-3-5-7-9-11-13-15-17-19-21-23-25-26-27-28-29-30-31-32-33-34-35-36-38-40-42-44-46-48-50-52-54-56-58-63(66)68-61(59-64)60-67-62(65)57-55-53-51-49-47-45-43-41-39-37-24-22-20-18-16-14-12-10-8-6-4-2/h5-8,11-14,17-20,23-25,27-28,30-31,33-34,36-38,41,43,47,49,61,64H,3-4,9-10,15-16,21-22,26,29,32,35,39-40,42,44-46,48,50-60H2,1-2H3/b7-5-,8-6-,13-11-,14-12-,19-17-,20-18-,25-23-,28-27-,31-30-,34-33-,37-24-,38-36-,43-41-,49-47-. The molecule has 0 aliphatic rings. The molecule has 0 spiro atoms. The Morgan fingerprint density at radius 2 is 0.588 bits per heavy atom. The second kappa shape index (κ2) is 56.6. The molecule has 5 heteroatoms. The third-order valence-corrected chi connectivity index (χ3v) is 10.5. The molecule has 0 bridgehead atoms. The highest BCUT2D eigenvalue weighted by Crippen LogP contribution is 2.12. The Labute approximate surface area is 417 Å². The maximum atomic E-state index is 12.3. The van der Waals surface area contributed by atoms with Gasteiger partial charge in [0.15, 0.2) is 6.10 Å². The second-order valence-corrected chi connectivity index (χ2v) is 16.8. The van der Waals surface area contributed by atoms with E-state index in [1.807, 2.05) is 0 Å². The number of carbonyl (C=O) groups excluding carboxylic acids is 2. The van der Waals surface area contributed by atoms with E-state index in [1.165, 1.54) is 32.1 Å². The van der Waals surface area contributed by atoms with E-state index in [9.17, 15) is 14.7 Å². The average Bonchev–Trinajstić information content (AvgIpc) is 3.34. The van der Waals surface area contributed by atoms with Crippen LogP contribution in [0, 0.1) is 0 Å². The van der Waals surface area contributed by atoms with Gasteiger partial charge in [0.25, 0.3) is 0 Å². The van der Waals surface area contributed by atoms with Crippen molar-refractivity contribution in [2.24, 2.45) is 0 Å². The minimum Gasteiger partial charge on any atom is -0.462 e. The molecular formula is C63H96O5. The molecule has 0 aromatic heterocycles. The highest BCUT2D eigenvalue weighted by molar-refractivity contribution is 5.70. The summed E-state index contributed by atoms with van der Waals surface area (Å²) in [5, 5.41) is 9.63. The number of aliphatic hydroxyl groups excluding tert-OH is 1. The normalized spacial score (nSPS) is 13.6. The van der Waals surface area contributed by atoms with Gasteiger partial charge in [-0.05, 0) is 128 Å². The van der Waals surface area contributed by atoms with Crippen molar-refractivity contribution >= 4 is 11.9 Å². The molecule has 0 radical (unpaired) electrons. The van der Waals surface area contributed by atoms with Gasteiger partial charge in [0, 0.05) is 12.8 Å². The molecule has 68 heavy (non-hydrogen) atoms. The molecule has 1 unspecified atom stereocenters. The monoisotopic (exact) mass is 933 g/mol. The van der Waals surface area contributed by atoms with Gasteiger partial charge in [-0.1, -0.05) is 223 Å². The number of ether oxygens (including phenoxy) is 2. The lowest BCUT2D eigenvalue weighted by atomic mass is 10.1. The maximum absolute atomic E-state index is 12.3. The molecule has 0 rings (SSSR count). The van der Waals surface area contributed by atoms with Crippen LogP contribution in [0.4, 0.5) is 0 Å². The predicted molar refractivity (Wildman–Crippen MR) is 297 cm³/mol. The first-order valence-electron chi connectivity index (χ1n) is 26.7. The van der Waals surface area contributed by atoms with Crippen molar-refractivity contribution in [3.8, 4) is 0 Å². The van der Waals surface area contributed by atoms with Crippen LogP contribution in [0.15, 0.2) is 170 Å². The first kappa shape index (κ1) is 63.3. The summed E-state index contributed by atoms with van der Waals surface area (Å²) in [6.07, 6.45) is 88.7. The van der Waals surface area contributed by atoms with Crippen LogP contribution in [0.3, 0.4) is 0 Å². The highest BCUT2D eigenvalue weighted by atomic mass is 16.6. The summed E-state index contributed by atoms with van der Waals surface area (Å²) in [5.41, 5.74) is 0. The Hall–Kier alpha value is -4.74. The minimum absolute atomic E-state index is 0.104. The summed E-state index contributed by atoms with van der Waals surface area (Å²) in [4.78, 5) is 24.5. The fraction of sp³-hybridized carbons (Fsp3) is 0.524. The van der Waals surface area contributed by atoms with E-state index in [4.69, 9.17) is 9.47 Å². The van der Waals surface area contributed by atoms with Gasteiger partial charge in [0.2, 0.25) is 0 Å². The SMILES string of the molecule is CC/C=C\C/C=C\C/C=C\C/C=C\C/C=C\C/C=C\C/C=C\C/C=C\CCCCCCCCCCC(=O)OC(CO)COC(=O)CCCC/C=C\C/C=C\C/C=C\C/C=C\C/C=C\C/C=C\CC. The van der Waals surface area contributed by atoms with Gasteiger partial charge < -0.3 is 14.6 Å². The number of hydrogen-bond donors (Lipinski definition) is 1. The fourth-order valence-electron chi connectivity index (χ4n) is 6.57. The van der Waals surface area contributed by atoms with Crippen LogP contribution in [-0.2, 0) is 19.1 Å². The average molecular weight is 933 g/mol. The van der Waals surface area contributed by atoms with Gasteiger partial charge in [-0.15, -0.1) is 0 Å². The molecule has 0 fully saturated rings. The number of aliphatic hydroxyl groups is 1. The summed E-state index contributed by atoms with van der Waals surface area (Å²) in [6, 6.07) is 0. The minimum atomic E-state index is -0.810. The molecule has 0 aromatic rings. The third-order valence-electron chi connectivity index (χ3n) is 10.5. The summed E-state index contributed by atoms with van der Waals surface area (Å²) in [6.45, 7) is 3.85. The van der Waals surface area contributed by atoms with Crippen LogP contribution in [-0.4, -0.2) is 36.4 Å². The van der Waals surface area contributed by atoms with E-state index in [2.05, 4.69) is 184 Å². The van der Waals surface area contributed by atoms with E-state index in [1.54, 1.807) is 0 Å². The summed E-state index contributed by atoms with van der Waals surface area (Å²) >= 11 is 0. The van der Waals surface area contributed by atoms with Crippen LogP contribution in [0.1, 0.15) is 194 Å². The molecule has 0 heterocycles. The molecular weight excluding hydrogens is 837 g/mol. The lowest BCUT2D eigenvalue weighted by Crippen LogP contribution is -2.28. The Balaban J connectivity index is 3.68. The van der Waals surface area contributed by atoms with E-state index < -0.39 is 6.10 Å². The lowest BCUT2D eigenvalue weighted by Gasteiger charge is -2.15.